The molecule has 0 unspecified atom stereocenters. The van der Waals surface area contributed by atoms with Crippen molar-refractivity contribution in [3.63, 3.8) is 0 Å². The highest BCUT2D eigenvalue weighted by molar-refractivity contribution is 7.89. The van der Waals surface area contributed by atoms with Gasteiger partial charge in [0, 0.05) is 13.6 Å². The molecule has 0 heterocycles. The van der Waals surface area contributed by atoms with E-state index >= 15 is 0 Å². The van der Waals surface area contributed by atoms with E-state index in [1.807, 2.05) is 36.4 Å². The van der Waals surface area contributed by atoms with E-state index < -0.39 is 10.0 Å². The minimum Gasteiger partial charge on any atom is -0.493 e. The van der Waals surface area contributed by atoms with Gasteiger partial charge in [0.05, 0.1) is 12.1 Å². The number of methoxy groups -OCH3 is 1. The smallest absolute Gasteiger partial charge is 0.244 e. The highest BCUT2D eigenvalue weighted by atomic mass is 35.5. The van der Waals surface area contributed by atoms with E-state index in [0.717, 1.165) is 11.1 Å². The lowest BCUT2D eigenvalue weighted by atomic mass is 10.2. The maximum absolute atomic E-state index is 12.8. The molecule has 0 saturated heterocycles. The van der Waals surface area contributed by atoms with E-state index in [-0.39, 0.29) is 16.5 Å². The van der Waals surface area contributed by atoms with E-state index in [1.54, 1.807) is 37.4 Å². The summed E-state index contributed by atoms with van der Waals surface area (Å²) >= 11 is 6.07. The van der Waals surface area contributed by atoms with Gasteiger partial charge in [-0.2, -0.15) is 4.31 Å². The van der Waals surface area contributed by atoms with Crippen molar-refractivity contribution < 1.29 is 17.9 Å². The van der Waals surface area contributed by atoms with Gasteiger partial charge in [-0.1, -0.05) is 60.1 Å². The summed E-state index contributed by atoms with van der Waals surface area (Å²) in [5.74, 6) is 1.14. The summed E-state index contributed by atoms with van der Waals surface area (Å²) in [7, 11) is -0.641. The second-order valence-electron chi connectivity index (χ2n) is 6.45. The molecule has 0 aliphatic heterocycles. The summed E-state index contributed by atoms with van der Waals surface area (Å²) in [5.41, 5.74) is 1.82. The maximum atomic E-state index is 12.8. The number of ether oxygens (including phenoxy) is 2. The van der Waals surface area contributed by atoms with Crippen molar-refractivity contribution in [3.05, 3.63) is 88.9 Å². The van der Waals surface area contributed by atoms with Crippen LogP contribution < -0.4 is 9.47 Å². The van der Waals surface area contributed by atoms with Gasteiger partial charge in [0.25, 0.3) is 0 Å². The molecule has 0 N–H and O–H groups in total. The second-order valence-corrected chi connectivity index (χ2v) is 8.87. The molecule has 0 radical (unpaired) electrons. The van der Waals surface area contributed by atoms with Crippen molar-refractivity contribution >= 4 is 21.6 Å². The Labute approximate surface area is 176 Å². The molecule has 0 spiro atoms. The van der Waals surface area contributed by atoms with Gasteiger partial charge in [-0.3, -0.25) is 0 Å². The van der Waals surface area contributed by atoms with Crippen molar-refractivity contribution in [2.45, 2.75) is 18.0 Å². The quantitative estimate of drug-likeness (QED) is 0.516. The molecular formula is C22H22ClNO4S. The number of hydrogen-bond acceptors (Lipinski definition) is 4. The van der Waals surface area contributed by atoms with Gasteiger partial charge in [0.2, 0.25) is 10.0 Å². The highest BCUT2D eigenvalue weighted by Crippen LogP contribution is 2.30. The van der Waals surface area contributed by atoms with Crippen LogP contribution in [0, 0.1) is 0 Å². The fraction of sp³-hybridized carbons (Fsp3) is 0.182. The van der Waals surface area contributed by atoms with Crippen LogP contribution in [0.5, 0.6) is 11.5 Å². The average Bonchev–Trinajstić information content (AvgIpc) is 2.73. The Balaban J connectivity index is 1.75. The fourth-order valence-corrected chi connectivity index (χ4v) is 4.48. The highest BCUT2D eigenvalue weighted by Gasteiger charge is 2.23. The lowest BCUT2D eigenvalue weighted by Gasteiger charge is -2.19. The van der Waals surface area contributed by atoms with E-state index in [4.69, 9.17) is 21.1 Å². The third kappa shape index (κ3) is 5.09. The Hall–Kier alpha value is -2.54. The molecule has 152 valence electrons. The molecule has 0 atom stereocenters. The molecule has 7 heteroatoms. The van der Waals surface area contributed by atoms with Crippen LogP contribution >= 0.6 is 11.6 Å². The number of rotatable bonds is 8. The predicted molar refractivity (Wildman–Crippen MR) is 114 cm³/mol. The van der Waals surface area contributed by atoms with Gasteiger partial charge in [0.1, 0.15) is 11.5 Å². The number of halogens is 1. The lowest BCUT2D eigenvalue weighted by molar-refractivity contribution is 0.284. The predicted octanol–water partition coefficient (Wildman–Crippen LogP) is 4.75. The molecule has 0 aromatic heterocycles. The van der Waals surface area contributed by atoms with Gasteiger partial charge in [-0.15, -0.1) is 0 Å². The van der Waals surface area contributed by atoms with Gasteiger partial charge in [-0.05, 0) is 35.4 Å². The molecule has 0 saturated carbocycles. The summed E-state index contributed by atoms with van der Waals surface area (Å²) in [4.78, 5) is 0.0824. The van der Waals surface area contributed by atoms with Crippen molar-refractivity contribution in [3.8, 4) is 11.5 Å². The van der Waals surface area contributed by atoms with Gasteiger partial charge in [0.15, 0.2) is 11.5 Å². The Bertz CT molecular complexity index is 1070. The van der Waals surface area contributed by atoms with Crippen LogP contribution in [0.4, 0.5) is 0 Å². The normalized spacial score (nSPS) is 11.4. The first-order valence-electron chi connectivity index (χ1n) is 8.96. The molecule has 3 aromatic carbocycles. The van der Waals surface area contributed by atoms with Crippen molar-refractivity contribution in [2.75, 3.05) is 14.2 Å². The first kappa shape index (κ1) is 21.2. The third-order valence-corrected chi connectivity index (χ3v) is 6.70. The van der Waals surface area contributed by atoms with Crippen LogP contribution in [0.3, 0.4) is 0 Å². The average molecular weight is 432 g/mol. The summed E-state index contributed by atoms with van der Waals surface area (Å²) in [5, 5.41) is 0.196. The Kier molecular flexibility index (Phi) is 6.79. The summed E-state index contributed by atoms with van der Waals surface area (Å²) in [6.45, 7) is 0.584. The number of benzene rings is 3. The molecule has 3 rings (SSSR count). The molecule has 0 bridgehead atoms. The zero-order chi connectivity index (χ0) is 20.9. The maximum Gasteiger partial charge on any atom is 0.244 e. The largest absolute Gasteiger partial charge is 0.493 e. The SMILES string of the molecule is COc1cc(CN(C)S(=O)(=O)c2ccccc2Cl)ccc1OCc1ccccc1. The number of nitrogens with zero attached hydrogens (tertiary/aromatic N) is 1. The molecule has 29 heavy (non-hydrogen) atoms. The van der Waals surface area contributed by atoms with Gasteiger partial charge < -0.3 is 9.47 Å². The first-order chi connectivity index (χ1) is 13.9. The summed E-state index contributed by atoms with van der Waals surface area (Å²) in [6, 6.07) is 21.6. The van der Waals surface area contributed by atoms with Crippen LogP contribution in [0.15, 0.2) is 77.7 Å². The minimum atomic E-state index is -3.71. The van der Waals surface area contributed by atoms with E-state index in [9.17, 15) is 8.42 Å². The fourth-order valence-electron chi connectivity index (χ4n) is 2.83. The van der Waals surface area contributed by atoms with Crippen LogP contribution in [-0.2, 0) is 23.2 Å². The van der Waals surface area contributed by atoms with E-state index in [2.05, 4.69) is 0 Å². The van der Waals surface area contributed by atoms with Crippen molar-refractivity contribution in [2.24, 2.45) is 0 Å². The molecule has 3 aromatic rings. The molecular weight excluding hydrogens is 410 g/mol. The van der Waals surface area contributed by atoms with Crippen molar-refractivity contribution in [1.82, 2.24) is 4.31 Å². The standard InChI is InChI=1S/C22H22ClNO4S/c1-24(29(25,26)22-11-7-6-10-19(22)23)15-18-12-13-20(21(14-18)27-2)28-16-17-8-4-3-5-9-17/h3-14H,15-16H2,1-2H3. The van der Waals surface area contributed by atoms with Gasteiger partial charge >= 0.3 is 0 Å². The van der Waals surface area contributed by atoms with Gasteiger partial charge in [-0.25, -0.2) is 8.42 Å². The molecule has 0 aliphatic rings. The lowest BCUT2D eigenvalue weighted by Crippen LogP contribution is -2.26. The van der Waals surface area contributed by atoms with Crippen LogP contribution in [-0.4, -0.2) is 26.9 Å². The molecule has 5 nitrogen and oxygen atoms in total. The molecule has 0 aliphatic carbocycles. The Morgan fingerprint density at radius 2 is 1.59 bits per heavy atom. The minimum absolute atomic E-state index is 0.0824. The van der Waals surface area contributed by atoms with Crippen LogP contribution in [0.2, 0.25) is 5.02 Å². The number of sulfonamides is 1. The van der Waals surface area contributed by atoms with Crippen LogP contribution in [0.1, 0.15) is 11.1 Å². The second kappa shape index (κ2) is 9.31. The Morgan fingerprint density at radius 3 is 2.28 bits per heavy atom. The van der Waals surface area contributed by atoms with Crippen molar-refractivity contribution in [1.29, 1.82) is 0 Å². The monoisotopic (exact) mass is 431 g/mol. The van der Waals surface area contributed by atoms with E-state index in [0.29, 0.717) is 18.1 Å². The zero-order valence-corrected chi connectivity index (χ0v) is 17.8. The first-order valence-corrected chi connectivity index (χ1v) is 10.8. The summed E-state index contributed by atoms with van der Waals surface area (Å²) in [6.07, 6.45) is 0. The summed E-state index contributed by atoms with van der Waals surface area (Å²) < 4.78 is 38.2. The zero-order valence-electron chi connectivity index (χ0n) is 16.2. The molecule has 0 fully saturated rings. The van der Waals surface area contributed by atoms with E-state index in [1.165, 1.54) is 17.4 Å². The Morgan fingerprint density at radius 1 is 0.897 bits per heavy atom. The van der Waals surface area contributed by atoms with Crippen LogP contribution in [0.25, 0.3) is 0 Å². The molecule has 0 amide bonds. The third-order valence-electron chi connectivity index (χ3n) is 4.40. The number of hydrogen-bond donors (Lipinski definition) is 0. The topological polar surface area (TPSA) is 55.8 Å².